The summed E-state index contributed by atoms with van der Waals surface area (Å²) in [6.07, 6.45) is -0.269. The minimum Gasteiger partial charge on any atom is -0.395 e. The van der Waals surface area contributed by atoms with E-state index in [-0.39, 0.29) is 31.9 Å². The molecule has 2 atom stereocenters. The molecule has 1 aliphatic heterocycles. The molecule has 11 heteroatoms. The van der Waals surface area contributed by atoms with Crippen LogP contribution >= 0.6 is 0 Å². The highest BCUT2D eigenvalue weighted by molar-refractivity contribution is 6.07. The number of rotatable bonds is 6. The molecule has 1 fully saturated rings. The Morgan fingerprint density at radius 2 is 1.74 bits per heavy atom. The molecule has 0 aromatic rings. The summed E-state index contributed by atoms with van der Waals surface area (Å²) in [6, 6.07) is -1.15. The van der Waals surface area contributed by atoms with E-state index in [1.807, 2.05) is 0 Å². The third-order valence-electron chi connectivity index (χ3n) is 3.43. The number of carbonyl (C=O) groups is 5. The van der Waals surface area contributed by atoms with Gasteiger partial charge in [0.25, 0.3) is 0 Å². The number of hydrogen-bond donors (Lipinski definition) is 5. The van der Waals surface area contributed by atoms with E-state index in [4.69, 9.17) is 5.11 Å². The molecule has 1 saturated heterocycles. The first kappa shape index (κ1) is 26.7. The standard InChI is InChI=1S/C12H19N3O5.C3H7NO.CH5N/c1-7-5-10(18)15(12(7)20)8(11(19)13-2)6-9(17)14-3-4-16;1-3(5)4-2;1-2/h7-8,16H,3-6H2,1-2H3,(H,13,19)(H,14,17);1-2H3,(H,4,5);2H2,1H3. The maximum absolute atomic E-state index is 11.9. The third kappa shape index (κ3) is 9.66. The van der Waals surface area contributed by atoms with Crippen LogP contribution in [-0.2, 0) is 24.0 Å². The number of nitrogens with two attached hydrogens (primary N) is 1. The maximum Gasteiger partial charge on any atom is 0.243 e. The average molecular weight is 389 g/mol. The van der Waals surface area contributed by atoms with Crippen molar-refractivity contribution in [2.45, 2.75) is 32.7 Å². The summed E-state index contributed by atoms with van der Waals surface area (Å²) in [6.45, 7) is 2.90. The topological polar surface area (TPSA) is 171 Å². The van der Waals surface area contributed by atoms with E-state index >= 15 is 0 Å². The molecular weight excluding hydrogens is 358 g/mol. The summed E-state index contributed by atoms with van der Waals surface area (Å²) >= 11 is 0. The zero-order chi connectivity index (χ0) is 21.6. The molecule has 1 rings (SSSR count). The first-order chi connectivity index (χ1) is 12.7. The van der Waals surface area contributed by atoms with Crippen molar-refractivity contribution in [3.63, 3.8) is 0 Å². The first-order valence-corrected chi connectivity index (χ1v) is 8.40. The smallest absolute Gasteiger partial charge is 0.243 e. The first-order valence-electron chi connectivity index (χ1n) is 8.40. The van der Waals surface area contributed by atoms with Crippen LogP contribution in [-0.4, -0.2) is 79.9 Å². The number of imide groups is 1. The van der Waals surface area contributed by atoms with Gasteiger partial charge in [-0.25, -0.2) is 0 Å². The van der Waals surface area contributed by atoms with Gasteiger partial charge in [0.05, 0.1) is 13.0 Å². The zero-order valence-corrected chi connectivity index (χ0v) is 16.5. The number of amides is 5. The predicted molar refractivity (Wildman–Crippen MR) is 98.1 cm³/mol. The minimum absolute atomic E-state index is 0.00463. The van der Waals surface area contributed by atoms with Crippen molar-refractivity contribution in [3.05, 3.63) is 0 Å². The van der Waals surface area contributed by atoms with Crippen molar-refractivity contribution in [2.24, 2.45) is 11.7 Å². The number of likely N-dealkylation sites (N-methyl/N-ethyl adjacent to an activating group) is 1. The van der Waals surface area contributed by atoms with Crippen LogP contribution in [0.5, 0.6) is 0 Å². The Kier molecular flexibility index (Phi) is 14.5. The van der Waals surface area contributed by atoms with Crippen molar-refractivity contribution in [1.82, 2.24) is 20.9 Å². The van der Waals surface area contributed by atoms with Gasteiger partial charge in [-0.15, -0.1) is 0 Å². The van der Waals surface area contributed by atoms with Crippen LogP contribution in [0.25, 0.3) is 0 Å². The molecule has 11 nitrogen and oxygen atoms in total. The fourth-order valence-corrected chi connectivity index (χ4v) is 2.05. The van der Waals surface area contributed by atoms with Gasteiger partial charge in [0.15, 0.2) is 0 Å². The third-order valence-corrected chi connectivity index (χ3v) is 3.43. The summed E-state index contributed by atoms with van der Waals surface area (Å²) in [5.41, 5.74) is 4.50. The number of nitrogens with one attached hydrogen (secondary N) is 3. The Morgan fingerprint density at radius 3 is 2.07 bits per heavy atom. The number of carbonyl (C=O) groups excluding carboxylic acids is 5. The maximum atomic E-state index is 11.9. The molecule has 0 aromatic heterocycles. The molecule has 0 saturated carbocycles. The van der Waals surface area contributed by atoms with Crippen LogP contribution in [0.1, 0.15) is 26.7 Å². The Labute approximate surface area is 159 Å². The summed E-state index contributed by atoms with van der Waals surface area (Å²) < 4.78 is 0. The SMILES string of the molecule is CN.CNC(=O)C(CC(=O)NCCO)N1C(=O)CC(C)C1=O.CNC(C)=O. The van der Waals surface area contributed by atoms with Gasteiger partial charge >= 0.3 is 0 Å². The van der Waals surface area contributed by atoms with E-state index in [9.17, 15) is 24.0 Å². The number of hydrogen-bond acceptors (Lipinski definition) is 7. The van der Waals surface area contributed by atoms with Gasteiger partial charge in [0, 0.05) is 39.9 Å². The van der Waals surface area contributed by atoms with Crippen LogP contribution in [0.15, 0.2) is 0 Å². The average Bonchev–Trinajstić information content (AvgIpc) is 2.91. The minimum atomic E-state index is -1.15. The molecule has 0 radical (unpaired) electrons. The van der Waals surface area contributed by atoms with E-state index in [0.717, 1.165) is 4.90 Å². The Balaban J connectivity index is 0. The van der Waals surface area contributed by atoms with Gasteiger partial charge < -0.3 is 26.8 Å². The molecule has 0 aliphatic carbocycles. The molecule has 2 unspecified atom stereocenters. The quantitative estimate of drug-likeness (QED) is 0.308. The predicted octanol–water partition coefficient (Wildman–Crippen LogP) is -2.68. The second-order valence-corrected chi connectivity index (χ2v) is 5.42. The molecule has 0 bridgehead atoms. The molecule has 6 N–H and O–H groups in total. The van der Waals surface area contributed by atoms with Crippen molar-refractivity contribution in [3.8, 4) is 0 Å². The highest BCUT2D eigenvalue weighted by Gasteiger charge is 2.43. The molecule has 0 spiro atoms. The summed E-state index contributed by atoms with van der Waals surface area (Å²) in [7, 11) is 4.47. The van der Waals surface area contributed by atoms with E-state index < -0.39 is 35.6 Å². The largest absolute Gasteiger partial charge is 0.395 e. The lowest BCUT2D eigenvalue weighted by atomic mass is 10.1. The number of aliphatic hydroxyl groups is 1. The lowest BCUT2D eigenvalue weighted by Crippen LogP contribution is -2.51. The Morgan fingerprint density at radius 1 is 1.22 bits per heavy atom. The van der Waals surface area contributed by atoms with Crippen molar-refractivity contribution >= 4 is 29.5 Å². The van der Waals surface area contributed by atoms with Gasteiger partial charge in [-0.1, -0.05) is 6.92 Å². The molecular formula is C16H31N5O6. The zero-order valence-electron chi connectivity index (χ0n) is 16.5. The normalized spacial score (nSPS) is 16.3. The fourth-order valence-electron chi connectivity index (χ4n) is 2.05. The van der Waals surface area contributed by atoms with Gasteiger partial charge in [0.2, 0.25) is 29.5 Å². The number of nitrogens with zero attached hydrogens (tertiary/aromatic N) is 1. The van der Waals surface area contributed by atoms with Gasteiger partial charge in [-0.2, -0.15) is 0 Å². The molecule has 27 heavy (non-hydrogen) atoms. The van der Waals surface area contributed by atoms with Crippen molar-refractivity contribution in [2.75, 3.05) is 34.3 Å². The van der Waals surface area contributed by atoms with E-state index in [2.05, 4.69) is 21.7 Å². The van der Waals surface area contributed by atoms with Crippen molar-refractivity contribution < 1.29 is 29.1 Å². The summed E-state index contributed by atoms with van der Waals surface area (Å²) in [4.78, 5) is 57.7. The fraction of sp³-hybridized carbons (Fsp3) is 0.688. The van der Waals surface area contributed by atoms with Crippen molar-refractivity contribution in [1.29, 1.82) is 0 Å². The lowest BCUT2D eigenvalue weighted by Gasteiger charge is -2.24. The molecule has 0 aromatic carbocycles. The molecule has 5 amide bonds. The molecule has 156 valence electrons. The second-order valence-electron chi connectivity index (χ2n) is 5.42. The van der Waals surface area contributed by atoms with Crippen LogP contribution in [0, 0.1) is 5.92 Å². The van der Waals surface area contributed by atoms with Crippen LogP contribution in [0.4, 0.5) is 0 Å². The van der Waals surface area contributed by atoms with E-state index in [0.29, 0.717) is 0 Å². The summed E-state index contributed by atoms with van der Waals surface area (Å²) in [5, 5.41) is 15.7. The van der Waals surface area contributed by atoms with Crippen LogP contribution in [0.3, 0.4) is 0 Å². The van der Waals surface area contributed by atoms with Gasteiger partial charge in [-0.05, 0) is 7.05 Å². The number of aliphatic hydroxyl groups excluding tert-OH is 1. The van der Waals surface area contributed by atoms with Crippen LogP contribution < -0.4 is 21.7 Å². The Hall–Kier alpha value is -2.53. The molecule has 1 heterocycles. The highest BCUT2D eigenvalue weighted by atomic mass is 16.3. The Bertz CT molecular complexity index is 525. The second kappa shape index (κ2) is 14.6. The summed E-state index contributed by atoms with van der Waals surface area (Å²) in [5.74, 6) is -2.45. The van der Waals surface area contributed by atoms with Gasteiger partial charge in [-0.3, -0.25) is 28.9 Å². The van der Waals surface area contributed by atoms with E-state index in [1.165, 1.54) is 21.0 Å². The number of likely N-dealkylation sites (tertiary alicyclic amines) is 1. The highest BCUT2D eigenvalue weighted by Crippen LogP contribution is 2.22. The van der Waals surface area contributed by atoms with Crippen LogP contribution in [0.2, 0.25) is 0 Å². The molecule has 1 aliphatic rings. The van der Waals surface area contributed by atoms with Gasteiger partial charge in [0.1, 0.15) is 6.04 Å². The lowest BCUT2D eigenvalue weighted by molar-refractivity contribution is -0.148. The van der Waals surface area contributed by atoms with E-state index in [1.54, 1.807) is 14.0 Å². The monoisotopic (exact) mass is 389 g/mol.